The van der Waals surface area contributed by atoms with Gasteiger partial charge in [-0.15, -0.1) is 22.7 Å². The lowest BCUT2D eigenvalue weighted by Gasteiger charge is -2.13. The molecule has 0 bridgehead atoms. The van der Waals surface area contributed by atoms with Gasteiger partial charge in [0, 0.05) is 26.6 Å². The lowest BCUT2D eigenvalue weighted by molar-refractivity contribution is 0.303. The Morgan fingerprint density at radius 3 is 1.87 bits per heavy atom. The zero-order chi connectivity index (χ0) is 32.2. The van der Waals surface area contributed by atoms with Gasteiger partial charge in [-0.3, -0.25) is 9.36 Å². The van der Waals surface area contributed by atoms with Crippen LogP contribution in [0.1, 0.15) is 142 Å². The zero-order valence-corrected chi connectivity index (χ0v) is 30.3. The van der Waals surface area contributed by atoms with E-state index in [1.165, 1.54) is 119 Å². The predicted octanol–water partition coefficient (Wildman–Crippen LogP) is 13.1. The van der Waals surface area contributed by atoms with Gasteiger partial charge in [-0.05, 0) is 48.6 Å². The summed E-state index contributed by atoms with van der Waals surface area (Å²) >= 11 is 3.44. The summed E-state index contributed by atoms with van der Waals surface area (Å²) in [4.78, 5) is 22.2. The van der Waals surface area contributed by atoms with E-state index >= 15 is 0 Å². The molecule has 252 valence electrons. The highest BCUT2D eigenvalue weighted by Gasteiger charge is 2.15. The summed E-state index contributed by atoms with van der Waals surface area (Å²) in [7, 11) is 0. The highest BCUT2D eigenvalue weighted by molar-refractivity contribution is 7.23. The van der Waals surface area contributed by atoms with Gasteiger partial charge in [0.25, 0.3) is 5.56 Å². The maximum absolute atomic E-state index is 13.9. The maximum Gasteiger partial charge on any atom is 0.260 e. The van der Waals surface area contributed by atoms with Crippen LogP contribution in [-0.2, 0) is 6.54 Å². The SMILES string of the molecule is CCCCCCCCCCCCOc1cnc2c(c1)cc(-c1ccc(-c3cccs3)s1)c(=O)n2CCCCCCCCCCCC. The molecule has 0 atom stereocenters. The molecule has 0 saturated carbocycles. The van der Waals surface area contributed by atoms with Crippen molar-refractivity contribution in [2.24, 2.45) is 0 Å². The minimum atomic E-state index is 0.0644. The van der Waals surface area contributed by atoms with E-state index in [1.807, 2.05) is 16.8 Å². The fourth-order valence-corrected chi connectivity index (χ4v) is 8.13. The van der Waals surface area contributed by atoms with Crippen LogP contribution in [0.3, 0.4) is 0 Å². The molecule has 6 heteroatoms. The molecule has 4 aromatic rings. The van der Waals surface area contributed by atoms with Gasteiger partial charge in [-0.2, -0.15) is 0 Å². The minimum Gasteiger partial charge on any atom is -0.492 e. The minimum absolute atomic E-state index is 0.0644. The van der Waals surface area contributed by atoms with Crippen molar-refractivity contribution >= 4 is 33.7 Å². The number of rotatable bonds is 25. The lowest BCUT2D eigenvalue weighted by atomic mass is 10.1. The smallest absolute Gasteiger partial charge is 0.260 e. The van der Waals surface area contributed by atoms with Gasteiger partial charge >= 0.3 is 0 Å². The molecule has 46 heavy (non-hydrogen) atoms. The summed E-state index contributed by atoms with van der Waals surface area (Å²) < 4.78 is 8.10. The molecular formula is C40H58N2O2S2. The molecule has 4 aromatic heterocycles. The molecule has 0 N–H and O–H groups in total. The number of hydrogen-bond acceptors (Lipinski definition) is 5. The number of fused-ring (bicyclic) bond motifs is 1. The predicted molar refractivity (Wildman–Crippen MR) is 202 cm³/mol. The first-order valence-electron chi connectivity index (χ1n) is 18.5. The third-order valence-electron chi connectivity index (χ3n) is 9.04. The third-order valence-corrected chi connectivity index (χ3v) is 11.2. The first-order chi connectivity index (χ1) is 22.7. The van der Waals surface area contributed by atoms with E-state index in [9.17, 15) is 4.79 Å². The Morgan fingerprint density at radius 2 is 1.26 bits per heavy atom. The van der Waals surface area contributed by atoms with Crippen LogP contribution in [-0.4, -0.2) is 16.2 Å². The van der Waals surface area contributed by atoms with Crippen LogP contribution >= 0.6 is 22.7 Å². The molecular weight excluding hydrogens is 605 g/mol. The van der Waals surface area contributed by atoms with Crippen molar-refractivity contribution in [3.63, 3.8) is 0 Å². The largest absolute Gasteiger partial charge is 0.492 e. The number of aryl methyl sites for hydroxylation is 1. The van der Waals surface area contributed by atoms with Crippen LogP contribution in [0.4, 0.5) is 0 Å². The molecule has 0 aliphatic rings. The third kappa shape index (κ3) is 12.0. The topological polar surface area (TPSA) is 44.1 Å². The second-order valence-corrected chi connectivity index (χ2v) is 15.0. The Balaban J connectivity index is 1.36. The quantitative estimate of drug-likeness (QED) is 0.0663. The van der Waals surface area contributed by atoms with Gasteiger partial charge in [-0.1, -0.05) is 135 Å². The van der Waals surface area contributed by atoms with Crippen molar-refractivity contribution in [1.29, 1.82) is 0 Å². The van der Waals surface area contributed by atoms with Gasteiger partial charge in [0.05, 0.1) is 18.4 Å². The van der Waals surface area contributed by atoms with E-state index in [4.69, 9.17) is 9.72 Å². The lowest BCUT2D eigenvalue weighted by Crippen LogP contribution is -2.23. The standard InChI is InChI=1S/C40H58N2O2S2/c1-3-5-7-9-11-13-15-17-19-21-27-42-39-33(31-35(40(42)43)36-25-26-38(46-36)37-24-23-29-45-37)30-34(32-41-39)44-28-22-20-18-16-14-12-10-8-6-4-2/h23-26,29-32H,3-22,27-28H2,1-2H3. The van der Waals surface area contributed by atoms with E-state index in [0.717, 1.165) is 46.5 Å². The summed E-state index contributed by atoms with van der Waals surface area (Å²) in [6, 6.07) is 12.6. The van der Waals surface area contributed by atoms with E-state index in [1.54, 1.807) is 22.7 Å². The number of ether oxygens (including phenoxy) is 1. The average molecular weight is 663 g/mol. The fourth-order valence-electron chi connectivity index (χ4n) is 6.28. The maximum atomic E-state index is 13.9. The normalized spacial score (nSPS) is 11.5. The second-order valence-electron chi connectivity index (χ2n) is 13.0. The van der Waals surface area contributed by atoms with E-state index in [2.05, 4.69) is 49.6 Å². The Labute approximate surface area is 286 Å². The van der Waals surface area contributed by atoms with Crippen LogP contribution < -0.4 is 10.3 Å². The zero-order valence-electron chi connectivity index (χ0n) is 28.7. The van der Waals surface area contributed by atoms with Crippen molar-refractivity contribution in [1.82, 2.24) is 9.55 Å². The molecule has 0 saturated heterocycles. The van der Waals surface area contributed by atoms with E-state index in [0.29, 0.717) is 13.2 Å². The Kier molecular flexibility index (Phi) is 17.0. The average Bonchev–Trinajstić information content (AvgIpc) is 3.78. The van der Waals surface area contributed by atoms with Crippen molar-refractivity contribution in [3.8, 4) is 25.9 Å². The molecule has 4 heterocycles. The fraction of sp³-hybridized carbons (Fsp3) is 0.600. The molecule has 4 rings (SSSR count). The Bertz CT molecular complexity index is 1440. The molecule has 0 spiro atoms. The number of thiophene rings is 2. The van der Waals surface area contributed by atoms with Crippen molar-refractivity contribution in [2.75, 3.05) is 6.61 Å². The first-order valence-corrected chi connectivity index (χ1v) is 20.2. The van der Waals surface area contributed by atoms with E-state index in [-0.39, 0.29) is 5.56 Å². The van der Waals surface area contributed by atoms with Crippen LogP contribution in [0.2, 0.25) is 0 Å². The summed E-state index contributed by atoms with van der Waals surface area (Å²) in [5.74, 6) is 0.795. The van der Waals surface area contributed by atoms with Gasteiger partial charge < -0.3 is 4.74 Å². The number of nitrogens with zero attached hydrogens (tertiary/aromatic N) is 2. The molecule has 0 fully saturated rings. The number of pyridine rings is 2. The van der Waals surface area contributed by atoms with Gasteiger partial charge in [-0.25, -0.2) is 4.98 Å². The van der Waals surface area contributed by atoms with Crippen LogP contribution in [0.15, 0.2) is 52.8 Å². The van der Waals surface area contributed by atoms with Gasteiger partial charge in [0.15, 0.2) is 0 Å². The molecule has 0 aromatic carbocycles. The molecule has 0 aliphatic heterocycles. The number of unbranched alkanes of at least 4 members (excludes halogenated alkanes) is 18. The van der Waals surface area contributed by atoms with Gasteiger partial charge in [0.1, 0.15) is 11.4 Å². The van der Waals surface area contributed by atoms with Gasteiger partial charge in [0.2, 0.25) is 0 Å². The van der Waals surface area contributed by atoms with Crippen molar-refractivity contribution in [2.45, 2.75) is 149 Å². The highest BCUT2D eigenvalue weighted by Crippen LogP contribution is 2.36. The Hall–Kier alpha value is -2.44. The molecule has 0 amide bonds. The van der Waals surface area contributed by atoms with Crippen molar-refractivity contribution < 1.29 is 4.74 Å². The molecule has 4 nitrogen and oxygen atoms in total. The molecule has 0 unspecified atom stereocenters. The number of hydrogen-bond donors (Lipinski definition) is 0. The summed E-state index contributed by atoms with van der Waals surface area (Å²) in [6.45, 7) is 5.96. The summed E-state index contributed by atoms with van der Waals surface area (Å²) in [5.41, 5.74) is 1.60. The molecule has 0 aliphatic carbocycles. The van der Waals surface area contributed by atoms with E-state index < -0.39 is 0 Å². The summed E-state index contributed by atoms with van der Waals surface area (Å²) in [5, 5.41) is 3.08. The monoisotopic (exact) mass is 662 g/mol. The summed E-state index contributed by atoms with van der Waals surface area (Å²) in [6.07, 6.45) is 27.7. The van der Waals surface area contributed by atoms with Crippen LogP contribution in [0, 0.1) is 0 Å². The highest BCUT2D eigenvalue weighted by atomic mass is 32.1. The second kappa shape index (κ2) is 21.4. The van der Waals surface area contributed by atoms with Crippen LogP contribution in [0.25, 0.3) is 31.2 Å². The molecule has 0 radical (unpaired) electrons. The Morgan fingerprint density at radius 1 is 0.674 bits per heavy atom. The first kappa shape index (κ1) is 36.4. The van der Waals surface area contributed by atoms with Crippen molar-refractivity contribution in [3.05, 3.63) is 58.3 Å². The van der Waals surface area contributed by atoms with Crippen LogP contribution in [0.5, 0.6) is 5.75 Å². The number of aromatic nitrogens is 2.